The molecule has 34 heavy (non-hydrogen) atoms. The van der Waals surface area contributed by atoms with Crippen molar-refractivity contribution in [3.05, 3.63) is 106 Å². The van der Waals surface area contributed by atoms with Gasteiger partial charge in [-0.1, -0.05) is 28.1 Å². The van der Waals surface area contributed by atoms with Crippen molar-refractivity contribution in [2.24, 2.45) is 0 Å². The van der Waals surface area contributed by atoms with Gasteiger partial charge in [0.05, 0.1) is 24.9 Å². The van der Waals surface area contributed by atoms with Crippen LogP contribution in [0.25, 0.3) is 5.69 Å². The largest absolute Gasteiger partial charge is 0.497 e. The van der Waals surface area contributed by atoms with E-state index in [4.69, 9.17) is 17.0 Å². The van der Waals surface area contributed by atoms with Gasteiger partial charge in [-0.2, -0.15) is 0 Å². The van der Waals surface area contributed by atoms with Crippen LogP contribution >= 0.6 is 28.1 Å². The van der Waals surface area contributed by atoms with E-state index in [9.17, 15) is 0 Å². The van der Waals surface area contributed by atoms with E-state index in [1.807, 2.05) is 36.5 Å². The molecule has 2 aromatic heterocycles. The molecule has 5 nitrogen and oxygen atoms in total. The lowest BCUT2D eigenvalue weighted by Gasteiger charge is -2.28. The summed E-state index contributed by atoms with van der Waals surface area (Å²) in [5, 5.41) is 4.22. The van der Waals surface area contributed by atoms with Crippen LogP contribution in [0.2, 0.25) is 0 Å². The van der Waals surface area contributed by atoms with Crippen LogP contribution in [0.15, 0.2) is 83.5 Å². The fourth-order valence-corrected chi connectivity index (χ4v) is 5.39. The number of nitrogens with zero attached hydrogens (tertiary/aromatic N) is 3. The summed E-state index contributed by atoms with van der Waals surface area (Å²) in [6, 6.07) is 24.5. The Morgan fingerprint density at radius 1 is 0.971 bits per heavy atom. The molecule has 1 aliphatic heterocycles. The van der Waals surface area contributed by atoms with Crippen LogP contribution < -0.4 is 15.0 Å². The van der Waals surface area contributed by atoms with E-state index in [0.29, 0.717) is 5.11 Å². The highest BCUT2D eigenvalue weighted by Gasteiger charge is 2.42. The van der Waals surface area contributed by atoms with Gasteiger partial charge >= 0.3 is 0 Å². The molecule has 2 atom stereocenters. The second-order valence-corrected chi connectivity index (χ2v) is 9.64. The number of hydrogen-bond acceptors (Lipinski definition) is 3. The summed E-state index contributed by atoms with van der Waals surface area (Å²) in [6.07, 6.45) is 1.83. The first-order valence-corrected chi connectivity index (χ1v) is 12.3. The molecule has 1 aliphatic rings. The number of anilines is 1. The van der Waals surface area contributed by atoms with Crippen LogP contribution in [0.4, 0.5) is 5.69 Å². The van der Waals surface area contributed by atoms with Gasteiger partial charge in [0.2, 0.25) is 0 Å². The van der Waals surface area contributed by atoms with Crippen LogP contribution in [-0.2, 0) is 0 Å². The topological polar surface area (TPSA) is 42.3 Å². The van der Waals surface area contributed by atoms with Gasteiger partial charge in [0.1, 0.15) is 5.75 Å². The number of thiocarbonyl (C=S) groups is 1. The Morgan fingerprint density at radius 2 is 1.76 bits per heavy atom. The van der Waals surface area contributed by atoms with Gasteiger partial charge in [-0.25, -0.2) is 0 Å². The van der Waals surface area contributed by atoms with Crippen molar-refractivity contribution in [1.82, 2.24) is 14.9 Å². The lowest BCUT2D eigenvalue weighted by Crippen LogP contribution is -2.29. The van der Waals surface area contributed by atoms with Crippen LogP contribution in [0.3, 0.4) is 0 Å². The Kier molecular flexibility index (Phi) is 6.15. The molecule has 0 amide bonds. The van der Waals surface area contributed by atoms with Gasteiger partial charge in [-0.15, -0.1) is 0 Å². The molecular formula is C27H25BrN4OS. The number of hydrogen-bond donors (Lipinski definition) is 1. The molecule has 0 saturated carbocycles. The predicted molar refractivity (Wildman–Crippen MR) is 144 cm³/mol. The molecule has 4 aromatic rings. The third-order valence-corrected chi connectivity index (χ3v) is 7.15. The third-order valence-electron chi connectivity index (χ3n) is 6.30. The average molecular weight is 533 g/mol. The fourth-order valence-electron chi connectivity index (χ4n) is 4.78. The summed E-state index contributed by atoms with van der Waals surface area (Å²) in [6.45, 7) is 4.32. The van der Waals surface area contributed by atoms with Crippen molar-refractivity contribution < 1.29 is 4.74 Å². The number of ether oxygens (including phenoxy) is 1. The lowest BCUT2D eigenvalue weighted by atomic mass is 9.96. The predicted octanol–water partition coefficient (Wildman–Crippen LogP) is 6.44. The zero-order chi connectivity index (χ0) is 23.8. The van der Waals surface area contributed by atoms with E-state index in [2.05, 4.69) is 92.0 Å². The Balaban J connectivity index is 1.68. The molecule has 0 unspecified atom stereocenters. The SMILES string of the molecule is COc1cccc(N2C(=S)N[C@H](c3ccccn3)[C@@H]2c2cc(C)n(-c3ccc(Br)cc3)c2C)c1. The number of halogens is 1. The maximum Gasteiger partial charge on any atom is 0.174 e. The van der Waals surface area contributed by atoms with Gasteiger partial charge in [-0.3, -0.25) is 4.98 Å². The van der Waals surface area contributed by atoms with Gasteiger partial charge in [0.25, 0.3) is 0 Å². The minimum atomic E-state index is -0.0984. The van der Waals surface area contributed by atoms with Crippen molar-refractivity contribution in [2.45, 2.75) is 25.9 Å². The van der Waals surface area contributed by atoms with Crippen molar-refractivity contribution in [3.8, 4) is 11.4 Å². The summed E-state index contributed by atoms with van der Waals surface area (Å²) in [7, 11) is 1.68. The van der Waals surface area contributed by atoms with Crippen molar-refractivity contribution in [3.63, 3.8) is 0 Å². The maximum atomic E-state index is 5.88. The first-order valence-electron chi connectivity index (χ1n) is 11.1. The second kappa shape index (κ2) is 9.24. The molecule has 5 rings (SSSR count). The summed E-state index contributed by atoms with van der Waals surface area (Å²) < 4.78 is 8.86. The van der Waals surface area contributed by atoms with Crippen molar-refractivity contribution in [1.29, 1.82) is 0 Å². The van der Waals surface area contributed by atoms with E-state index in [1.54, 1.807) is 7.11 Å². The van der Waals surface area contributed by atoms with Gasteiger partial charge in [0, 0.05) is 39.5 Å². The van der Waals surface area contributed by atoms with E-state index in [0.717, 1.165) is 33.0 Å². The summed E-state index contributed by atoms with van der Waals surface area (Å²) >= 11 is 9.43. The third kappa shape index (κ3) is 3.99. The lowest BCUT2D eigenvalue weighted by molar-refractivity contribution is 0.415. The number of pyridine rings is 1. The molecule has 0 aliphatic carbocycles. The van der Waals surface area contributed by atoms with Crippen LogP contribution in [-0.4, -0.2) is 21.8 Å². The van der Waals surface area contributed by atoms with Crippen LogP contribution in [0.5, 0.6) is 5.75 Å². The number of aryl methyl sites for hydroxylation is 1. The fraction of sp³-hybridized carbons (Fsp3) is 0.185. The number of benzene rings is 2. The molecule has 2 aromatic carbocycles. The normalized spacial score (nSPS) is 17.6. The maximum absolute atomic E-state index is 5.88. The zero-order valence-corrected chi connectivity index (χ0v) is 21.6. The number of rotatable bonds is 5. The molecule has 1 N–H and O–H groups in total. The van der Waals surface area contributed by atoms with Crippen LogP contribution in [0.1, 0.15) is 34.7 Å². The Bertz CT molecular complexity index is 1340. The highest BCUT2D eigenvalue weighted by Crippen LogP contribution is 2.44. The van der Waals surface area contributed by atoms with E-state index >= 15 is 0 Å². The monoisotopic (exact) mass is 532 g/mol. The highest BCUT2D eigenvalue weighted by molar-refractivity contribution is 9.10. The molecule has 172 valence electrons. The molecule has 7 heteroatoms. The number of aromatic nitrogens is 2. The van der Waals surface area contributed by atoms with Gasteiger partial charge in [0.15, 0.2) is 5.11 Å². The van der Waals surface area contributed by atoms with Crippen molar-refractivity contribution >= 4 is 38.9 Å². The Labute approximate surface area is 213 Å². The van der Waals surface area contributed by atoms with Gasteiger partial charge < -0.3 is 19.5 Å². The number of methoxy groups -OCH3 is 1. The number of nitrogens with one attached hydrogen (secondary N) is 1. The average Bonchev–Trinajstić information content (AvgIpc) is 3.35. The van der Waals surface area contributed by atoms with Gasteiger partial charge in [-0.05, 0) is 86.2 Å². The van der Waals surface area contributed by atoms with E-state index < -0.39 is 0 Å². The minimum Gasteiger partial charge on any atom is -0.497 e. The molecule has 1 saturated heterocycles. The van der Waals surface area contributed by atoms with Crippen LogP contribution in [0, 0.1) is 13.8 Å². The minimum absolute atomic E-state index is 0.0788. The van der Waals surface area contributed by atoms with E-state index in [-0.39, 0.29) is 12.1 Å². The summed E-state index contributed by atoms with van der Waals surface area (Å²) in [5.74, 6) is 0.792. The molecule has 0 bridgehead atoms. The molecule has 0 spiro atoms. The molecule has 0 radical (unpaired) electrons. The quantitative estimate of drug-likeness (QED) is 0.299. The zero-order valence-electron chi connectivity index (χ0n) is 19.2. The molecule has 3 heterocycles. The molecule has 1 fully saturated rings. The molecular weight excluding hydrogens is 508 g/mol. The Morgan fingerprint density at radius 3 is 2.47 bits per heavy atom. The highest BCUT2D eigenvalue weighted by atomic mass is 79.9. The smallest absolute Gasteiger partial charge is 0.174 e. The summed E-state index contributed by atoms with van der Waals surface area (Å²) in [5.41, 5.74) is 6.59. The van der Waals surface area contributed by atoms with Crippen molar-refractivity contribution in [2.75, 3.05) is 12.0 Å². The summed E-state index contributed by atoms with van der Waals surface area (Å²) in [4.78, 5) is 6.86. The first kappa shape index (κ1) is 22.6. The van der Waals surface area contributed by atoms with E-state index in [1.165, 1.54) is 11.3 Å². The Hall–Kier alpha value is -3.16. The first-order chi connectivity index (χ1) is 16.5. The second-order valence-electron chi connectivity index (χ2n) is 8.34. The standard InChI is InChI=1S/C27H25BrN4OS/c1-17-15-23(18(2)31(17)20-12-10-19(28)11-13-20)26-25(24-9-4-5-14-29-24)30-27(34)32(26)21-7-6-8-22(16-21)33-3/h4-16,25-26H,1-3H3,(H,30,34)/t25-,26+/m1/s1.